The van der Waals surface area contributed by atoms with Crippen LogP contribution in [0.25, 0.3) is 10.9 Å². The van der Waals surface area contributed by atoms with Crippen molar-refractivity contribution in [2.24, 2.45) is 0 Å². The summed E-state index contributed by atoms with van der Waals surface area (Å²) in [5.74, 6) is 1.06. The molecule has 18 heavy (non-hydrogen) atoms. The molecule has 94 valence electrons. The van der Waals surface area contributed by atoms with Crippen LogP contribution in [0.4, 0.5) is 5.82 Å². The summed E-state index contributed by atoms with van der Waals surface area (Å²) in [6.07, 6.45) is 1.66. The van der Waals surface area contributed by atoms with E-state index in [0.717, 1.165) is 47.4 Å². The van der Waals surface area contributed by atoms with Crippen LogP contribution in [0, 0.1) is 0 Å². The fraction of sp³-hybridized carbons (Fsp3) is 0.385. The van der Waals surface area contributed by atoms with Crippen LogP contribution < -0.4 is 4.90 Å². The van der Waals surface area contributed by atoms with Crippen LogP contribution >= 0.6 is 15.9 Å². The molecule has 1 saturated heterocycles. The minimum atomic E-state index is 0.994. The Kier molecular flexibility index (Phi) is 3.18. The van der Waals surface area contributed by atoms with E-state index in [4.69, 9.17) is 0 Å². The molecule has 0 unspecified atom stereocenters. The molecule has 0 atom stereocenters. The zero-order valence-corrected chi connectivity index (χ0v) is 11.9. The number of aromatic nitrogens is 2. The average molecular weight is 307 g/mol. The predicted octanol–water partition coefficient (Wildman–Crippen LogP) is 2.14. The van der Waals surface area contributed by atoms with Crippen LogP contribution in [0.15, 0.2) is 29.0 Å². The van der Waals surface area contributed by atoms with E-state index in [1.807, 2.05) is 12.1 Å². The summed E-state index contributed by atoms with van der Waals surface area (Å²) in [6, 6.07) is 6.18. The molecule has 1 aliphatic rings. The maximum absolute atomic E-state index is 4.47. The molecule has 0 aliphatic carbocycles. The molecule has 1 aromatic carbocycles. The first-order valence-corrected chi connectivity index (χ1v) is 6.87. The molecular formula is C13H15BrN4. The van der Waals surface area contributed by atoms with Gasteiger partial charge in [0.15, 0.2) is 0 Å². The number of piperazine rings is 1. The van der Waals surface area contributed by atoms with Gasteiger partial charge in [-0.1, -0.05) is 15.9 Å². The van der Waals surface area contributed by atoms with Crippen molar-refractivity contribution >= 4 is 32.7 Å². The molecule has 2 heterocycles. The van der Waals surface area contributed by atoms with Gasteiger partial charge in [-0.05, 0) is 25.2 Å². The zero-order valence-electron chi connectivity index (χ0n) is 10.3. The maximum Gasteiger partial charge on any atom is 0.139 e. The standard InChI is InChI=1S/C13H15BrN4/c1-17-4-6-18(7-5-17)13-11-3-2-10(14)8-12(11)15-9-16-13/h2-3,8-9H,4-7H2,1H3. The molecule has 0 radical (unpaired) electrons. The van der Waals surface area contributed by atoms with Crippen LogP contribution in [-0.4, -0.2) is 48.1 Å². The van der Waals surface area contributed by atoms with Crippen LogP contribution in [0.5, 0.6) is 0 Å². The van der Waals surface area contributed by atoms with Crippen molar-refractivity contribution in [3.05, 3.63) is 29.0 Å². The number of benzene rings is 1. The molecule has 0 amide bonds. The summed E-state index contributed by atoms with van der Waals surface area (Å²) in [5, 5.41) is 1.13. The average Bonchev–Trinajstić information content (AvgIpc) is 2.38. The van der Waals surface area contributed by atoms with Crippen molar-refractivity contribution in [1.29, 1.82) is 0 Å². The Morgan fingerprint density at radius 1 is 1.11 bits per heavy atom. The third-order valence-electron chi connectivity index (χ3n) is 3.38. The van der Waals surface area contributed by atoms with Gasteiger partial charge in [-0.25, -0.2) is 9.97 Å². The quantitative estimate of drug-likeness (QED) is 0.808. The lowest BCUT2D eigenvalue weighted by molar-refractivity contribution is 0.312. The van der Waals surface area contributed by atoms with E-state index < -0.39 is 0 Å². The Morgan fingerprint density at radius 3 is 2.67 bits per heavy atom. The molecule has 5 heteroatoms. The fourth-order valence-electron chi connectivity index (χ4n) is 2.29. The number of likely N-dealkylation sites (N-methyl/N-ethyl adjacent to an activating group) is 1. The number of fused-ring (bicyclic) bond motifs is 1. The van der Waals surface area contributed by atoms with Crippen LogP contribution in [-0.2, 0) is 0 Å². The van der Waals surface area contributed by atoms with Gasteiger partial charge in [-0.15, -0.1) is 0 Å². The second kappa shape index (κ2) is 4.82. The second-order valence-electron chi connectivity index (χ2n) is 4.65. The molecule has 3 rings (SSSR count). The van der Waals surface area contributed by atoms with Gasteiger partial charge >= 0.3 is 0 Å². The SMILES string of the molecule is CN1CCN(c2ncnc3cc(Br)ccc23)CC1. The lowest BCUT2D eigenvalue weighted by atomic mass is 10.2. The van der Waals surface area contributed by atoms with Crippen molar-refractivity contribution in [2.45, 2.75) is 0 Å². The minimum Gasteiger partial charge on any atom is -0.353 e. The van der Waals surface area contributed by atoms with E-state index in [-0.39, 0.29) is 0 Å². The molecule has 0 bridgehead atoms. The smallest absolute Gasteiger partial charge is 0.139 e. The zero-order chi connectivity index (χ0) is 12.5. The van der Waals surface area contributed by atoms with Gasteiger partial charge in [0.25, 0.3) is 0 Å². The van der Waals surface area contributed by atoms with Gasteiger partial charge in [0.2, 0.25) is 0 Å². The highest BCUT2D eigenvalue weighted by Gasteiger charge is 2.17. The van der Waals surface area contributed by atoms with Crippen molar-refractivity contribution in [1.82, 2.24) is 14.9 Å². The largest absolute Gasteiger partial charge is 0.353 e. The van der Waals surface area contributed by atoms with E-state index >= 15 is 0 Å². The first kappa shape index (κ1) is 11.9. The Morgan fingerprint density at radius 2 is 1.89 bits per heavy atom. The lowest BCUT2D eigenvalue weighted by Crippen LogP contribution is -2.44. The van der Waals surface area contributed by atoms with Gasteiger partial charge in [0, 0.05) is 36.0 Å². The number of halogens is 1. The summed E-state index contributed by atoms with van der Waals surface area (Å²) in [6.45, 7) is 4.22. The normalized spacial score (nSPS) is 17.3. The Hall–Kier alpha value is -1.20. The molecule has 4 nitrogen and oxygen atoms in total. The summed E-state index contributed by atoms with van der Waals surface area (Å²) in [7, 11) is 2.16. The van der Waals surface area contributed by atoms with E-state index in [1.165, 1.54) is 0 Å². The molecule has 0 saturated carbocycles. The van der Waals surface area contributed by atoms with Crippen molar-refractivity contribution in [3.63, 3.8) is 0 Å². The maximum atomic E-state index is 4.47. The van der Waals surface area contributed by atoms with Crippen molar-refractivity contribution in [2.75, 3.05) is 38.1 Å². The van der Waals surface area contributed by atoms with E-state index in [2.05, 4.69) is 48.8 Å². The van der Waals surface area contributed by atoms with E-state index in [1.54, 1.807) is 6.33 Å². The van der Waals surface area contributed by atoms with Crippen molar-refractivity contribution in [3.8, 4) is 0 Å². The topological polar surface area (TPSA) is 32.3 Å². The number of hydrogen-bond donors (Lipinski definition) is 0. The summed E-state index contributed by atoms with van der Waals surface area (Å²) < 4.78 is 1.05. The van der Waals surface area contributed by atoms with Gasteiger partial charge in [-0.2, -0.15) is 0 Å². The third kappa shape index (κ3) is 2.20. The Balaban J connectivity index is 2.01. The number of anilines is 1. The van der Waals surface area contributed by atoms with Gasteiger partial charge in [0.1, 0.15) is 12.1 Å². The van der Waals surface area contributed by atoms with Gasteiger partial charge in [-0.3, -0.25) is 0 Å². The first-order chi connectivity index (χ1) is 8.74. The highest BCUT2D eigenvalue weighted by atomic mass is 79.9. The van der Waals surface area contributed by atoms with E-state index in [0.29, 0.717) is 0 Å². The molecule has 1 aliphatic heterocycles. The minimum absolute atomic E-state index is 0.994. The summed E-state index contributed by atoms with van der Waals surface area (Å²) in [4.78, 5) is 13.5. The molecule has 0 spiro atoms. The monoisotopic (exact) mass is 306 g/mol. The van der Waals surface area contributed by atoms with Gasteiger partial charge in [0.05, 0.1) is 5.52 Å². The molecule has 0 N–H and O–H groups in total. The lowest BCUT2D eigenvalue weighted by Gasteiger charge is -2.33. The van der Waals surface area contributed by atoms with Gasteiger partial charge < -0.3 is 9.80 Å². The Labute approximate surface area is 115 Å². The first-order valence-electron chi connectivity index (χ1n) is 6.08. The third-order valence-corrected chi connectivity index (χ3v) is 3.87. The van der Waals surface area contributed by atoms with Crippen molar-refractivity contribution < 1.29 is 0 Å². The fourth-order valence-corrected chi connectivity index (χ4v) is 2.64. The Bertz CT molecular complexity index is 564. The highest BCUT2D eigenvalue weighted by molar-refractivity contribution is 9.10. The highest BCUT2D eigenvalue weighted by Crippen LogP contribution is 2.26. The predicted molar refractivity (Wildman–Crippen MR) is 76.9 cm³/mol. The number of rotatable bonds is 1. The van der Waals surface area contributed by atoms with Crippen LogP contribution in [0.1, 0.15) is 0 Å². The molecule has 2 aromatic rings. The number of nitrogens with zero attached hydrogens (tertiary/aromatic N) is 4. The summed E-state index contributed by atoms with van der Waals surface area (Å²) in [5.41, 5.74) is 0.994. The summed E-state index contributed by atoms with van der Waals surface area (Å²) >= 11 is 3.48. The van der Waals surface area contributed by atoms with Crippen LogP contribution in [0.2, 0.25) is 0 Å². The van der Waals surface area contributed by atoms with Crippen LogP contribution in [0.3, 0.4) is 0 Å². The number of hydrogen-bond acceptors (Lipinski definition) is 4. The van der Waals surface area contributed by atoms with E-state index in [9.17, 15) is 0 Å². The molecular weight excluding hydrogens is 292 g/mol. The second-order valence-corrected chi connectivity index (χ2v) is 5.56. The molecule has 1 aromatic heterocycles. The molecule has 1 fully saturated rings.